The molecule has 380 valence electrons. The molecule has 1 aliphatic heterocycles. The van der Waals surface area contributed by atoms with Crippen LogP contribution in [0.3, 0.4) is 0 Å². The summed E-state index contributed by atoms with van der Waals surface area (Å²) in [5.74, 6) is 1.34. The number of nitrogens with zero attached hydrogens (tertiary/aromatic N) is 10. The van der Waals surface area contributed by atoms with Crippen molar-refractivity contribution < 1.29 is 37.0 Å². The normalized spacial score (nSPS) is 14.7. The molecule has 5 heterocycles. The topological polar surface area (TPSA) is 224 Å². The van der Waals surface area contributed by atoms with Crippen LogP contribution in [0.5, 0.6) is 5.75 Å². The molecular formula is C50H54F3N15O5. The van der Waals surface area contributed by atoms with Crippen LogP contribution in [0.1, 0.15) is 61.6 Å². The molecular weight excluding hydrogens is 948 g/mol. The number of likely N-dealkylation sites (N-methyl/N-ethyl adjacent to an activating group) is 1. The zero-order chi connectivity index (χ0) is 51.2. The van der Waals surface area contributed by atoms with Crippen molar-refractivity contribution in [3.63, 3.8) is 0 Å². The molecule has 0 spiro atoms. The van der Waals surface area contributed by atoms with Crippen LogP contribution in [0, 0.1) is 0 Å². The number of carbonyl (C=O) groups is 2. The lowest BCUT2D eigenvalue weighted by atomic mass is 10.1. The first kappa shape index (κ1) is 51.2. The highest BCUT2D eigenvalue weighted by Gasteiger charge is 2.40. The molecule has 3 aromatic carbocycles. The van der Waals surface area contributed by atoms with Gasteiger partial charge >= 0.3 is 6.18 Å². The Morgan fingerprint density at radius 3 is 2.21 bits per heavy atom. The van der Waals surface area contributed by atoms with Crippen LogP contribution in [-0.2, 0) is 41.8 Å². The molecule has 2 atom stereocenters. The SMILES string of the molecule is COCCCn1c(CNc2cccc(C(=O)NCc3cccnc3C(F)(F)F)c2)nnc1-c1ccnc(N2NC(CNc3cccc(C(=O)NCc4ccc(OCCOC)cc4)c3)N(C)C2c2ccncn2)n1. The zero-order valence-corrected chi connectivity index (χ0v) is 40.2. The average molecular weight is 1000 g/mol. The van der Waals surface area contributed by atoms with Gasteiger partial charge in [-0.15, -0.1) is 10.2 Å². The number of hydrogen-bond donors (Lipinski definition) is 5. The van der Waals surface area contributed by atoms with Crippen molar-refractivity contribution in [2.45, 2.75) is 51.1 Å². The van der Waals surface area contributed by atoms with Crippen molar-refractivity contribution in [1.29, 1.82) is 0 Å². The number of carbonyl (C=O) groups excluding carboxylic acids is 2. The van der Waals surface area contributed by atoms with Crippen molar-refractivity contribution in [2.24, 2.45) is 0 Å². The van der Waals surface area contributed by atoms with E-state index in [1.165, 1.54) is 18.5 Å². The van der Waals surface area contributed by atoms with Crippen LogP contribution in [0.25, 0.3) is 11.5 Å². The van der Waals surface area contributed by atoms with E-state index in [0.717, 1.165) is 23.2 Å². The lowest BCUT2D eigenvalue weighted by molar-refractivity contribution is -0.141. The molecule has 2 amide bonds. The summed E-state index contributed by atoms with van der Waals surface area (Å²) in [4.78, 5) is 50.3. The highest BCUT2D eigenvalue weighted by atomic mass is 19.4. The maximum Gasteiger partial charge on any atom is 0.433 e. The number of anilines is 3. The summed E-state index contributed by atoms with van der Waals surface area (Å²) in [5.41, 5.74) is 6.53. The maximum absolute atomic E-state index is 13.5. The second-order valence-electron chi connectivity index (χ2n) is 16.6. The van der Waals surface area contributed by atoms with E-state index in [4.69, 9.17) is 19.2 Å². The summed E-state index contributed by atoms with van der Waals surface area (Å²) in [6, 6.07) is 27.7. The maximum atomic E-state index is 13.5. The van der Waals surface area contributed by atoms with E-state index in [1.54, 1.807) is 69.1 Å². The third-order valence-electron chi connectivity index (χ3n) is 11.7. The van der Waals surface area contributed by atoms with Gasteiger partial charge in [-0.25, -0.2) is 25.4 Å². The van der Waals surface area contributed by atoms with Gasteiger partial charge in [0.15, 0.2) is 11.6 Å². The van der Waals surface area contributed by atoms with E-state index in [2.05, 4.69) is 61.7 Å². The van der Waals surface area contributed by atoms with E-state index in [9.17, 15) is 22.8 Å². The molecule has 1 aliphatic rings. The molecule has 1 fully saturated rings. The number of aromatic nitrogens is 8. The number of benzene rings is 3. The summed E-state index contributed by atoms with van der Waals surface area (Å²) in [5, 5.41) is 23.3. The van der Waals surface area contributed by atoms with Gasteiger partial charge in [0.2, 0.25) is 5.95 Å². The van der Waals surface area contributed by atoms with E-state index in [1.807, 2.05) is 59.1 Å². The molecule has 0 bridgehead atoms. The third-order valence-corrected chi connectivity index (χ3v) is 11.7. The number of alkyl halides is 3. The smallest absolute Gasteiger partial charge is 0.433 e. The van der Waals surface area contributed by atoms with Crippen LogP contribution in [0.15, 0.2) is 122 Å². The Labute approximate surface area is 418 Å². The molecule has 2 unspecified atom stereocenters. The van der Waals surface area contributed by atoms with Gasteiger partial charge in [0, 0.05) is 93.7 Å². The fourth-order valence-electron chi connectivity index (χ4n) is 7.95. The molecule has 73 heavy (non-hydrogen) atoms. The quantitative estimate of drug-likeness (QED) is 0.0473. The van der Waals surface area contributed by atoms with Crippen LogP contribution in [0.2, 0.25) is 0 Å². The molecule has 7 aromatic rings. The molecule has 5 N–H and O–H groups in total. The number of hydrazine groups is 1. The minimum absolute atomic E-state index is 0.147. The molecule has 0 aliphatic carbocycles. The summed E-state index contributed by atoms with van der Waals surface area (Å²) < 4.78 is 58.5. The molecule has 4 aromatic heterocycles. The fraction of sp³-hybridized carbons (Fsp3) is 0.300. The number of amides is 2. The summed E-state index contributed by atoms with van der Waals surface area (Å²) in [6.07, 6.45) is 1.05. The first-order valence-electron chi connectivity index (χ1n) is 23.2. The van der Waals surface area contributed by atoms with E-state index in [0.29, 0.717) is 86.1 Å². The van der Waals surface area contributed by atoms with E-state index >= 15 is 0 Å². The lowest BCUT2D eigenvalue weighted by Gasteiger charge is -2.26. The average Bonchev–Trinajstić information content (AvgIpc) is 3.98. The van der Waals surface area contributed by atoms with Gasteiger partial charge in [0.05, 0.1) is 25.0 Å². The Morgan fingerprint density at radius 2 is 1.49 bits per heavy atom. The highest BCUT2D eigenvalue weighted by molar-refractivity contribution is 5.95. The van der Waals surface area contributed by atoms with Gasteiger partial charge < -0.3 is 40.0 Å². The first-order valence-corrected chi connectivity index (χ1v) is 23.2. The fourth-order valence-corrected chi connectivity index (χ4v) is 7.95. The Bertz CT molecular complexity index is 2930. The summed E-state index contributed by atoms with van der Waals surface area (Å²) in [6.45, 7) is 2.49. The van der Waals surface area contributed by atoms with Crippen molar-refractivity contribution in [3.05, 3.63) is 161 Å². The minimum Gasteiger partial charge on any atom is -0.491 e. The monoisotopic (exact) mass is 1000 g/mol. The predicted molar refractivity (Wildman–Crippen MR) is 264 cm³/mol. The van der Waals surface area contributed by atoms with Crippen molar-refractivity contribution >= 4 is 29.1 Å². The number of pyridine rings is 1. The van der Waals surface area contributed by atoms with Crippen LogP contribution >= 0.6 is 0 Å². The highest BCUT2D eigenvalue weighted by Crippen LogP contribution is 2.33. The van der Waals surface area contributed by atoms with Crippen LogP contribution < -0.4 is 36.4 Å². The minimum atomic E-state index is -4.66. The molecule has 20 nitrogen and oxygen atoms in total. The van der Waals surface area contributed by atoms with Crippen molar-refractivity contribution in [1.82, 2.24) is 60.6 Å². The Hall–Kier alpha value is -8.12. The van der Waals surface area contributed by atoms with Crippen molar-refractivity contribution in [3.8, 4) is 17.3 Å². The van der Waals surface area contributed by atoms with Gasteiger partial charge in [-0.2, -0.15) is 13.2 Å². The van der Waals surface area contributed by atoms with Gasteiger partial charge in [0.1, 0.15) is 36.2 Å². The molecule has 0 radical (unpaired) electrons. The summed E-state index contributed by atoms with van der Waals surface area (Å²) >= 11 is 0. The zero-order valence-electron chi connectivity index (χ0n) is 40.2. The number of hydrogen-bond acceptors (Lipinski definition) is 17. The number of halogens is 3. The Balaban J connectivity index is 0.943. The van der Waals surface area contributed by atoms with Crippen LogP contribution in [-0.4, -0.2) is 110 Å². The standard InChI is InChI=1S/C50H54F3N15O5/c1-66-43(31-58-38-12-4-8-34(26-38)46(69)59-28-33-13-15-39(16-14-33)73-25-24-72-3)65-68(48(66)41-17-20-54-32-61-41)49-56-21-18-40(62-49)45-64-63-42(67(45)22-7-23-71-2)30-57-37-11-5-9-35(27-37)47(70)60-29-36-10-6-19-55-44(36)50(51,52)53/h4-6,8-21,26-27,32,43,48,57-58,65H,7,22-25,28-31H2,1-3H3,(H,59,69)(H,60,70). The number of ether oxygens (including phenoxy) is 3. The molecule has 8 rings (SSSR count). The van der Waals surface area contributed by atoms with Gasteiger partial charge in [-0.1, -0.05) is 30.3 Å². The van der Waals surface area contributed by atoms with Gasteiger partial charge in [-0.05, 0) is 85.8 Å². The Kier molecular flexibility index (Phi) is 17.1. The van der Waals surface area contributed by atoms with Gasteiger partial charge in [0.25, 0.3) is 11.8 Å². The number of methoxy groups -OCH3 is 2. The van der Waals surface area contributed by atoms with Crippen molar-refractivity contribution in [2.75, 3.05) is 63.3 Å². The first-order chi connectivity index (χ1) is 35.5. The summed E-state index contributed by atoms with van der Waals surface area (Å²) in [7, 11) is 5.21. The Morgan fingerprint density at radius 1 is 0.753 bits per heavy atom. The number of nitrogens with one attached hydrogen (secondary N) is 5. The number of rotatable bonds is 23. The largest absolute Gasteiger partial charge is 0.491 e. The van der Waals surface area contributed by atoms with Crippen LogP contribution in [0.4, 0.5) is 30.5 Å². The van der Waals surface area contributed by atoms with E-state index in [-0.39, 0.29) is 36.3 Å². The second-order valence-corrected chi connectivity index (χ2v) is 16.6. The molecule has 1 saturated heterocycles. The lowest BCUT2D eigenvalue weighted by Crippen LogP contribution is -2.42. The molecule has 0 saturated carbocycles. The van der Waals surface area contributed by atoms with Gasteiger partial charge in [-0.3, -0.25) is 24.5 Å². The predicted octanol–water partition coefficient (Wildman–Crippen LogP) is 5.87. The molecule has 23 heteroatoms. The third kappa shape index (κ3) is 13.2. The van der Waals surface area contributed by atoms with E-state index < -0.39 is 23.9 Å². The second kappa shape index (κ2) is 24.3.